The fourth-order valence-electron chi connectivity index (χ4n) is 0.939. The van der Waals surface area contributed by atoms with Gasteiger partial charge in [0.15, 0.2) is 0 Å². The summed E-state index contributed by atoms with van der Waals surface area (Å²) in [5, 5.41) is 0. The monoisotopic (exact) mass is 166 g/mol. The maximum Gasteiger partial charge on any atom is -0.00818 e. The van der Waals surface area contributed by atoms with E-state index >= 15 is 0 Å². The van der Waals surface area contributed by atoms with E-state index < -0.39 is 0 Å². The van der Waals surface area contributed by atoms with Crippen LogP contribution in [-0.2, 0) is 0 Å². The Balaban J connectivity index is 3.65. The molecule has 0 aromatic rings. The molecule has 0 heterocycles. The molecule has 1 atom stereocenters. The van der Waals surface area contributed by atoms with Crippen LogP contribution in [0.1, 0.15) is 40.5 Å². The summed E-state index contributed by atoms with van der Waals surface area (Å²) in [6, 6.07) is 0. The van der Waals surface area contributed by atoms with Crippen molar-refractivity contribution in [2.24, 2.45) is 11.8 Å². The first-order valence-electron chi connectivity index (χ1n) is 5.01. The third-order valence-electron chi connectivity index (χ3n) is 1.69. The molecule has 0 aromatic heterocycles. The fourth-order valence-corrected chi connectivity index (χ4v) is 0.939. The molecular weight excluding hydrogens is 144 g/mol. The van der Waals surface area contributed by atoms with Crippen LogP contribution in [0.5, 0.6) is 0 Å². The predicted molar refractivity (Wildman–Crippen MR) is 57.2 cm³/mol. The van der Waals surface area contributed by atoms with E-state index in [1.54, 1.807) is 0 Å². The summed E-state index contributed by atoms with van der Waals surface area (Å²) in [5.41, 5.74) is 0. The van der Waals surface area contributed by atoms with Crippen molar-refractivity contribution in [1.29, 1.82) is 0 Å². The molecule has 0 aliphatic carbocycles. The molecule has 1 unspecified atom stereocenters. The van der Waals surface area contributed by atoms with Crippen molar-refractivity contribution < 1.29 is 0 Å². The average molecular weight is 166 g/mol. The van der Waals surface area contributed by atoms with E-state index in [2.05, 4.69) is 52.0 Å². The molecule has 0 heteroatoms. The Kier molecular flexibility index (Phi) is 6.84. The molecular formula is C12H22. The largest absolute Gasteiger partial charge is 0.0880 e. The zero-order valence-corrected chi connectivity index (χ0v) is 8.88. The molecule has 0 fully saturated rings. The van der Waals surface area contributed by atoms with E-state index in [0.717, 1.165) is 0 Å². The highest BCUT2D eigenvalue weighted by Gasteiger charge is 1.89. The first-order valence-corrected chi connectivity index (χ1v) is 5.01. The number of hydrogen-bond acceptors (Lipinski definition) is 0. The van der Waals surface area contributed by atoms with E-state index in [4.69, 9.17) is 0 Å². The number of rotatable bonds is 5. The summed E-state index contributed by atoms with van der Waals surface area (Å²) in [4.78, 5) is 0. The van der Waals surface area contributed by atoms with Gasteiger partial charge in [0.2, 0.25) is 0 Å². The van der Waals surface area contributed by atoms with Gasteiger partial charge >= 0.3 is 0 Å². The summed E-state index contributed by atoms with van der Waals surface area (Å²) in [7, 11) is 0. The number of hydrogen-bond donors (Lipinski definition) is 0. The highest BCUT2D eigenvalue weighted by atomic mass is 14.0. The van der Waals surface area contributed by atoms with Crippen molar-refractivity contribution in [3.05, 3.63) is 24.3 Å². The Morgan fingerprint density at radius 3 is 2.17 bits per heavy atom. The molecule has 0 aliphatic rings. The predicted octanol–water partition coefficient (Wildman–Crippen LogP) is 4.19. The molecule has 0 rings (SSSR count). The minimum atomic E-state index is 0.596. The zero-order valence-electron chi connectivity index (χ0n) is 8.88. The molecule has 70 valence electrons. The van der Waals surface area contributed by atoms with Gasteiger partial charge in [-0.1, -0.05) is 58.4 Å². The summed E-state index contributed by atoms with van der Waals surface area (Å²) < 4.78 is 0. The average Bonchev–Trinajstić information content (AvgIpc) is 2.01. The second-order valence-corrected chi connectivity index (χ2v) is 3.70. The Morgan fingerprint density at radius 1 is 1.00 bits per heavy atom. The van der Waals surface area contributed by atoms with Crippen molar-refractivity contribution in [3.63, 3.8) is 0 Å². The lowest BCUT2D eigenvalue weighted by Crippen LogP contribution is -1.85. The second kappa shape index (κ2) is 7.15. The molecule has 0 aromatic carbocycles. The topological polar surface area (TPSA) is 0 Å². The maximum absolute atomic E-state index is 2.28. The summed E-state index contributed by atoms with van der Waals surface area (Å²) in [6.45, 7) is 8.85. The van der Waals surface area contributed by atoms with Crippen LogP contribution in [0, 0.1) is 11.8 Å². The molecule has 0 N–H and O–H groups in total. The molecule has 0 saturated heterocycles. The number of allylic oxidation sites excluding steroid dienone is 4. The molecule has 0 radical (unpaired) electrons. The first-order chi connectivity index (χ1) is 5.66. The van der Waals surface area contributed by atoms with Crippen LogP contribution >= 0.6 is 0 Å². The lowest BCUT2D eigenvalue weighted by molar-refractivity contribution is 0.808. The first kappa shape index (κ1) is 11.5. The third-order valence-corrected chi connectivity index (χ3v) is 1.69. The molecule has 12 heavy (non-hydrogen) atoms. The molecule has 0 spiro atoms. The van der Waals surface area contributed by atoms with Crippen molar-refractivity contribution in [2.75, 3.05) is 0 Å². The van der Waals surface area contributed by atoms with Crippen LogP contribution in [0.25, 0.3) is 0 Å². The quantitative estimate of drug-likeness (QED) is 0.537. The Bertz CT molecular complexity index is 140. The SMILES string of the molecule is CCC/C=C/C(C)/C=C/C(C)C. The Morgan fingerprint density at radius 2 is 1.67 bits per heavy atom. The second-order valence-electron chi connectivity index (χ2n) is 3.70. The van der Waals surface area contributed by atoms with Crippen LogP contribution in [0.4, 0.5) is 0 Å². The van der Waals surface area contributed by atoms with Crippen molar-refractivity contribution in [2.45, 2.75) is 40.5 Å². The van der Waals surface area contributed by atoms with E-state index in [-0.39, 0.29) is 0 Å². The molecule has 0 saturated carbocycles. The van der Waals surface area contributed by atoms with Gasteiger partial charge in [-0.3, -0.25) is 0 Å². The minimum Gasteiger partial charge on any atom is -0.0880 e. The van der Waals surface area contributed by atoms with E-state index in [1.165, 1.54) is 12.8 Å². The lowest BCUT2D eigenvalue weighted by Gasteiger charge is -1.99. The Labute approximate surface area is 77.4 Å². The van der Waals surface area contributed by atoms with Crippen LogP contribution < -0.4 is 0 Å². The molecule has 0 bridgehead atoms. The summed E-state index contributed by atoms with van der Waals surface area (Å²) in [5.74, 6) is 1.27. The van der Waals surface area contributed by atoms with Crippen LogP contribution in [-0.4, -0.2) is 0 Å². The van der Waals surface area contributed by atoms with Gasteiger partial charge in [0.1, 0.15) is 0 Å². The highest BCUT2D eigenvalue weighted by Crippen LogP contribution is 2.04. The van der Waals surface area contributed by atoms with Crippen LogP contribution in [0.15, 0.2) is 24.3 Å². The molecule has 0 nitrogen and oxygen atoms in total. The Hall–Kier alpha value is -0.520. The number of unbranched alkanes of at least 4 members (excludes halogenated alkanes) is 1. The van der Waals surface area contributed by atoms with Crippen molar-refractivity contribution >= 4 is 0 Å². The zero-order chi connectivity index (χ0) is 9.40. The maximum atomic E-state index is 2.28. The van der Waals surface area contributed by atoms with Gasteiger partial charge in [0.25, 0.3) is 0 Å². The minimum absolute atomic E-state index is 0.596. The summed E-state index contributed by atoms with van der Waals surface area (Å²) in [6.07, 6.45) is 11.5. The van der Waals surface area contributed by atoms with E-state index in [1.807, 2.05) is 0 Å². The standard InChI is InChI=1S/C12H22/c1-5-6-7-8-12(4)10-9-11(2)3/h7-12H,5-6H2,1-4H3/b8-7+,10-9+. The lowest BCUT2D eigenvalue weighted by atomic mass is 10.1. The van der Waals surface area contributed by atoms with E-state index in [0.29, 0.717) is 11.8 Å². The molecule has 0 amide bonds. The summed E-state index contributed by atoms with van der Waals surface area (Å²) >= 11 is 0. The van der Waals surface area contributed by atoms with E-state index in [9.17, 15) is 0 Å². The van der Waals surface area contributed by atoms with Crippen molar-refractivity contribution in [3.8, 4) is 0 Å². The van der Waals surface area contributed by atoms with Gasteiger partial charge in [0, 0.05) is 0 Å². The normalized spacial score (nSPS) is 15.1. The third kappa shape index (κ3) is 7.59. The molecule has 0 aliphatic heterocycles. The van der Waals surface area contributed by atoms with Gasteiger partial charge in [-0.25, -0.2) is 0 Å². The smallest absolute Gasteiger partial charge is 0.00818 e. The van der Waals surface area contributed by atoms with Gasteiger partial charge in [-0.2, -0.15) is 0 Å². The van der Waals surface area contributed by atoms with Crippen molar-refractivity contribution in [1.82, 2.24) is 0 Å². The van der Waals surface area contributed by atoms with Gasteiger partial charge < -0.3 is 0 Å². The fraction of sp³-hybridized carbons (Fsp3) is 0.667. The van der Waals surface area contributed by atoms with Gasteiger partial charge in [-0.05, 0) is 18.3 Å². The van der Waals surface area contributed by atoms with Gasteiger partial charge in [0.05, 0.1) is 0 Å². The highest BCUT2D eigenvalue weighted by molar-refractivity contribution is 4.99. The van der Waals surface area contributed by atoms with Crippen LogP contribution in [0.3, 0.4) is 0 Å². The van der Waals surface area contributed by atoms with Gasteiger partial charge in [-0.15, -0.1) is 0 Å². The van der Waals surface area contributed by atoms with Crippen LogP contribution in [0.2, 0.25) is 0 Å².